The highest BCUT2D eigenvalue weighted by molar-refractivity contribution is 5.89. The van der Waals surface area contributed by atoms with E-state index in [0.717, 1.165) is 5.92 Å². The Morgan fingerprint density at radius 3 is 2.75 bits per heavy atom. The van der Waals surface area contributed by atoms with Gasteiger partial charge in [-0.05, 0) is 81.3 Å². The smallest absolute Gasteiger partial charge is 0.0517 e. The van der Waals surface area contributed by atoms with Crippen LogP contribution in [0.15, 0.2) is 12.1 Å². The molecule has 0 unspecified atom stereocenters. The summed E-state index contributed by atoms with van der Waals surface area (Å²) in [6, 6.07) is 5.02. The Morgan fingerprint density at radius 1 is 1.15 bits per heavy atom. The molecule has 1 N–H and O–H groups in total. The summed E-state index contributed by atoms with van der Waals surface area (Å²) in [5.41, 5.74) is 7.70. The van der Waals surface area contributed by atoms with Crippen LogP contribution in [-0.2, 0) is 13.0 Å². The molecule has 0 saturated carbocycles. The number of nitrogens with zero attached hydrogens (tertiary/aromatic N) is 1. The summed E-state index contributed by atoms with van der Waals surface area (Å²) in [7, 11) is 0. The quantitative estimate of drug-likeness (QED) is 0.835. The Morgan fingerprint density at radius 2 is 1.95 bits per heavy atom. The lowest BCUT2D eigenvalue weighted by atomic mass is 9.87. The fraction of sp³-hybridized carbons (Fsp3) is 0.556. The molecule has 2 aromatic rings. The van der Waals surface area contributed by atoms with Crippen molar-refractivity contribution in [2.45, 2.75) is 52.0 Å². The lowest BCUT2D eigenvalue weighted by Crippen LogP contribution is -2.26. The van der Waals surface area contributed by atoms with Gasteiger partial charge in [-0.15, -0.1) is 0 Å². The molecule has 1 aromatic carbocycles. The van der Waals surface area contributed by atoms with Crippen molar-refractivity contribution >= 4 is 10.9 Å². The van der Waals surface area contributed by atoms with E-state index in [2.05, 4.69) is 35.9 Å². The molecule has 0 bridgehead atoms. The molecule has 2 aliphatic heterocycles. The summed E-state index contributed by atoms with van der Waals surface area (Å²) in [5.74, 6) is 0.766. The van der Waals surface area contributed by atoms with Crippen LogP contribution in [0, 0.1) is 13.8 Å². The number of nitrogens with one attached hydrogen (secondary N) is 1. The highest BCUT2D eigenvalue weighted by Crippen LogP contribution is 2.36. The first-order valence-corrected chi connectivity index (χ1v) is 8.08. The lowest BCUT2D eigenvalue weighted by molar-refractivity contribution is 0.460. The molecule has 106 valence electrons. The van der Waals surface area contributed by atoms with E-state index in [4.69, 9.17) is 0 Å². The molecule has 1 fully saturated rings. The van der Waals surface area contributed by atoms with Gasteiger partial charge >= 0.3 is 0 Å². The SMILES string of the molecule is Cc1c(C)n2c3c(cc(C4CCNCC4)cc13)CCC2. The molecule has 4 rings (SSSR count). The molecule has 0 radical (unpaired) electrons. The van der Waals surface area contributed by atoms with Crippen LogP contribution in [0.25, 0.3) is 10.9 Å². The van der Waals surface area contributed by atoms with Gasteiger partial charge in [-0.1, -0.05) is 6.07 Å². The second kappa shape index (κ2) is 4.63. The first kappa shape index (κ1) is 12.5. The van der Waals surface area contributed by atoms with Crippen LogP contribution in [0.1, 0.15) is 47.6 Å². The minimum atomic E-state index is 0.766. The van der Waals surface area contributed by atoms with Crippen molar-refractivity contribution in [3.05, 3.63) is 34.5 Å². The molecule has 0 spiro atoms. The maximum Gasteiger partial charge on any atom is 0.0517 e. The molecule has 2 nitrogen and oxygen atoms in total. The average molecular weight is 268 g/mol. The van der Waals surface area contributed by atoms with Crippen LogP contribution in [-0.4, -0.2) is 17.7 Å². The van der Waals surface area contributed by atoms with Crippen LogP contribution < -0.4 is 5.32 Å². The standard InChI is InChI=1S/C18H24N2/c1-12-13(2)20-9-3-4-15-10-16(11-17(12)18(15)20)14-5-7-19-8-6-14/h10-11,14,19H,3-9H2,1-2H3. The van der Waals surface area contributed by atoms with E-state index in [1.807, 2.05) is 0 Å². The van der Waals surface area contributed by atoms with Crippen molar-refractivity contribution in [1.82, 2.24) is 9.88 Å². The van der Waals surface area contributed by atoms with Gasteiger partial charge in [0.1, 0.15) is 0 Å². The van der Waals surface area contributed by atoms with Crippen LogP contribution >= 0.6 is 0 Å². The van der Waals surface area contributed by atoms with Crippen LogP contribution in [0.3, 0.4) is 0 Å². The molecule has 0 aliphatic carbocycles. The van der Waals surface area contributed by atoms with E-state index in [0.29, 0.717) is 0 Å². The molecule has 0 atom stereocenters. The highest BCUT2D eigenvalue weighted by Gasteiger charge is 2.22. The molecular formula is C18H24N2. The first-order valence-electron chi connectivity index (χ1n) is 8.08. The summed E-state index contributed by atoms with van der Waals surface area (Å²) in [4.78, 5) is 0. The molecule has 3 heterocycles. The molecule has 20 heavy (non-hydrogen) atoms. The summed E-state index contributed by atoms with van der Waals surface area (Å²) < 4.78 is 2.55. The summed E-state index contributed by atoms with van der Waals surface area (Å²) >= 11 is 0. The van der Waals surface area contributed by atoms with Crippen molar-refractivity contribution in [1.29, 1.82) is 0 Å². The Hall–Kier alpha value is -1.28. The monoisotopic (exact) mass is 268 g/mol. The summed E-state index contributed by atoms with van der Waals surface area (Å²) in [6.07, 6.45) is 5.15. The predicted octanol–water partition coefficient (Wildman–Crippen LogP) is 3.67. The first-order chi connectivity index (χ1) is 9.75. The van der Waals surface area contributed by atoms with E-state index in [9.17, 15) is 0 Å². The van der Waals surface area contributed by atoms with Crippen molar-refractivity contribution in [3.63, 3.8) is 0 Å². The van der Waals surface area contributed by atoms with Gasteiger partial charge in [0.15, 0.2) is 0 Å². The lowest BCUT2D eigenvalue weighted by Gasteiger charge is -2.25. The van der Waals surface area contributed by atoms with Gasteiger partial charge in [0, 0.05) is 17.6 Å². The second-order valence-corrected chi connectivity index (χ2v) is 6.57. The number of aromatic nitrogens is 1. The van der Waals surface area contributed by atoms with Gasteiger partial charge in [-0.25, -0.2) is 0 Å². The minimum absolute atomic E-state index is 0.766. The third-order valence-corrected chi connectivity index (χ3v) is 5.47. The van der Waals surface area contributed by atoms with Crippen LogP contribution in [0.4, 0.5) is 0 Å². The minimum Gasteiger partial charge on any atom is -0.344 e. The third-order valence-electron chi connectivity index (χ3n) is 5.47. The Kier molecular flexibility index (Phi) is 2.88. The fourth-order valence-corrected chi connectivity index (χ4v) is 4.18. The van der Waals surface area contributed by atoms with Crippen molar-refractivity contribution in [2.24, 2.45) is 0 Å². The fourth-order valence-electron chi connectivity index (χ4n) is 4.18. The number of hydrogen-bond donors (Lipinski definition) is 1. The van der Waals surface area contributed by atoms with Crippen molar-refractivity contribution in [2.75, 3.05) is 13.1 Å². The van der Waals surface area contributed by atoms with Gasteiger partial charge < -0.3 is 9.88 Å². The molecule has 1 saturated heterocycles. The van der Waals surface area contributed by atoms with E-state index >= 15 is 0 Å². The summed E-state index contributed by atoms with van der Waals surface area (Å²) in [5, 5.41) is 5.00. The maximum atomic E-state index is 3.48. The molecule has 0 amide bonds. The van der Waals surface area contributed by atoms with Gasteiger partial charge in [0.2, 0.25) is 0 Å². The highest BCUT2D eigenvalue weighted by atomic mass is 15.0. The molecule has 2 heteroatoms. The van der Waals surface area contributed by atoms with Gasteiger partial charge in [-0.2, -0.15) is 0 Å². The van der Waals surface area contributed by atoms with E-state index < -0.39 is 0 Å². The van der Waals surface area contributed by atoms with Crippen LogP contribution in [0.5, 0.6) is 0 Å². The third kappa shape index (κ3) is 1.74. The van der Waals surface area contributed by atoms with Crippen molar-refractivity contribution in [3.8, 4) is 0 Å². The van der Waals surface area contributed by atoms with E-state index in [1.54, 1.807) is 11.1 Å². The van der Waals surface area contributed by atoms with Gasteiger partial charge in [-0.3, -0.25) is 0 Å². The molecule has 2 aliphatic rings. The average Bonchev–Trinajstić information content (AvgIpc) is 2.75. The number of rotatable bonds is 1. The largest absolute Gasteiger partial charge is 0.344 e. The zero-order chi connectivity index (χ0) is 13.7. The number of hydrogen-bond acceptors (Lipinski definition) is 1. The molecule has 1 aromatic heterocycles. The molecular weight excluding hydrogens is 244 g/mol. The Balaban J connectivity index is 1.91. The number of aryl methyl sites for hydroxylation is 3. The zero-order valence-corrected chi connectivity index (χ0v) is 12.6. The number of piperidine rings is 1. The Bertz CT molecular complexity index is 660. The Labute approximate surface area is 121 Å². The maximum absolute atomic E-state index is 3.48. The summed E-state index contributed by atoms with van der Waals surface area (Å²) in [6.45, 7) is 8.15. The second-order valence-electron chi connectivity index (χ2n) is 6.57. The number of benzene rings is 1. The normalized spacial score (nSPS) is 19.7. The van der Waals surface area contributed by atoms with E-state index in [1.165, 1.54) is 67.5 Å². The van der Waals surface area contributed by atoms with E-state index in [-0.39, 0.29) is 0 Å². The zero-order valence-electron chi connectivity index (χ0n) is 12.6. The van der Waals surface area contributed by atoms with Crippen molar-refractivity contribution < 1.29 is 0 Å². The van der Waals surface area contributed by atoms with Gasteiger partial charge in [0.25, 0.3) is 0 Å². The predicted molar refractivity (Wildman–Crippen MR) is 84.6 cm³/mol. The topological polar surface area (TPSA) is 17.0 Å². The van der Waals surface area contributed by atoms with Crippen LogP contribution in [0.2, 0.25) is 0 Å². The van der Waals surface area contributed by atoms with Gasteiger partial charge in [0.05, 0.1) is 5.52 Å².